The molecule has 0 saturated heterocycles. The van der Waals surface area contributed by atoms with Crippen LogP contribution in [0.5, 0.6) is 5.75 Å². The van der Waals surface area contributed by atoms with E-state index in [2.05, 4.69) is 11.4 Å². The number of carbonyl (C=O) groups is 1. The van der Waals surface area contributed by atoms with Crippen molar-refractivity contribution in [3.8, 4) is 17.9 Å². The summed E-state index contributed by atoms with van der Waals surface area (Å²) in [5.41, 5.74) is 3.08. The Bertz CT molecular complexity index is 1170. The lowest BCUT2D eigenvalue weighted by Gasteiger charge is -2.28. The van der Waals surface area contributed by atoms with Crippen LogP contribution < -0.4 is 5.32 Å². The van der Waals surface area contributed by atoms with Crippen LogP contribution in [0.25, 0.3) is 6.08 Å². The summed E-state index contributed by atoms with van der Waals surface area (Å²) in [5, 5.41) is 33.6. The van der Waals surface area contributed by atoms with Crippen molar-refractivity contribution in [3.05, 3.63) is 50.4 Å². The number of anilines is 1. The number of fused-ring (bicyclic) bond motifs is 1. The predicted octanol–water partition coefficient (Wildman–Crippen LogP) is 6.34. The zero-order chi connectivity index (χ0) is 24.6. The van der Waals surface area contributed by atoms with Crippen LogP contribution >= 0.6 is 11.3 Å². The van der Waals surface area contributed by atoms with Gasteiger partial charge in [-0.15, -0.1) is 11.3 Å². The Labute approximate surface area is 200 Å². The van der Waals surface area contributed by atoms with Crippen molar-refractivity contribution < 1.29 is 9.90 Å². The van der Waals surface area contributed by atoms with Gasteiger partial charge in [0.05, 0.1) is 5.56 Å². The summed E-state index contributed by atoms with van der Waals surface area (Å²) < 4.78 is 0. The number of aryl methyl sites for hydroxylation is 1. The van der Waals surface area contributed by atoms with E-state index >= 15 is 0 Å². The lowest BCUT2D eigenvalue weighted by Crippen LogP contribution is -2.18. The van der Waals surface area contributed by atoms with Gasteiger partial charge in [-0.3, -0.25) is 4.79 Å². The fourth-order valence-electron chi connectivity index (χ4n) is 4.14. The highest BCUT2D eigenvalue weighted by atomic mass is 32.1. The van der Waals surface area contributed by atoms with Crippen LogP contribution in [0.1, 0.15) is 87.1 Å². The van der Waals surface area contributed by atoms with Gasteiger partial charge in [-0.1, -0.05) is 41.5 Å². The van der Waals surface area contributed by atoms with Crippen molar-refractivity contribution in [2.75, 3.05) is 5.32 Å². The summed E-state index contributed by atoms with van der Waals surface area (Å²) in [6.45, 7) is 12.1. The number of hydrogen-bond acceptors (Lipinski definition) is 5. The fraction of sp³-hybridized carbons (Fsp3) is 0.444. The molecule has 1 aliphatic carbocycles. The van der Waals surface area contributed by atoms with Crippen molar-refractivity contribution in [1.29, 1.82) is 10.5 Å². The molecule has 1 aromatic carbocycles. The fourth-order valence-corrected chi connectivity index (χ4v) is 5.38. The Hall–Kier alpha value is -3.09. The molecule has 1 aliphatic rings. The molecule has 1 heterocycles. The van der Waals surface area contributed by atoms with Crippen molar-refractivity contribution in [2.45, 2.75) is 78.1 Å². The summed E-state index contributed by atoms with van der Waals surface area (Å²) in [4.78, 5) is 14.2. The summed E-state index contributed by atoms with van der Waals surface area (Å²) in [5.74, 6) is -0.284. The number of nitrogens with zero attached hydrogens (tertiary/aromatic N) is 2. The van der Waals surface area contributed by atoms with Crippen LogP contribution in [-0.4, -0.2) is 11.0 Å². The largest absolute Gasteiger partial charge is 0.507 e. The number of amides is 1. The van der Waals surface area contributed by atoms with Crippen LogP contribution in [0, 0.1) is 22.7 Å². The van der Waals surface area contributed by atoms with E-state index in [9.17, 15) is 20.4 Å². The first-order chi connectivity index (χ1) is 15.4. The molecule has 2 aromatic rings. The first kappa shape index (κ1) is 24.6. The number of aromatic hydroxyl groups is 1. The summed E-state index contributed by atoms with van der Waals surface area (Å²) in [6, 6.07) is 7.91. The van der Waals surface area contributed by atoms with Crippen LogP contribution in [0.2, 0.25) is 0 Å². The standard InChI is InChI=1S/C27H31N3O2S/c1-26(2,3)20-12-16(13-21(23(20)31)27(4,5)6)11-17(14-28)24(32)30-25-19(15-29)18-9-7-8-10-22(18)33-25/h11-13,31H,7-10H2,1-6H3,(H,30,32)/b17-11+. The molecule has 0 spiro atoms. The van der Waals surface area contributed by atoms with Crippen LogP contribution in [0.15, 0.2) is 17.7 Å². The van der Waals surface area contributed by atoms with Crippen LogP contribution in [-0.2, 0) is 28.5 Å². The highest BCUT2D eigenvalue weighted by molar-refractivity contribution is 7.16. The number of hydrogen-bond donors (Lipinski definition) is 2. The number of nitrogens with one attached hydrogen (secondary N) is 1. The Kier molecular flexibility index (Phi) is 6.73. The molecule has 1 amide bonds. The van der Waals surface area contributed by atoms with Crippen LogP contribution in [0.3, 0.4) is 0 Å². The SMILES string of the molecule is CC(C)(C)c1cc(/C=C(\C#N)C(=O)Nc2sc3c(c2C#N)CCCC3)cc(C(C)(C)C)c1O. The highest BCUT2D eigenvalue weighted by Crippen LogP contribution is 2.41. The second-order valence-electron chi connectivity index (χ2n) is 10.6. The number of nitriles is 2. The molecule has 5 nitrogen and oxygen atoms in total. The van der Waals surface area contributed by atoms with Crippen LogP contribution in [0.4, 0.5) is 5.00 Å². The minimum absolute atomic E-state index is 0.0457. The zero-order valence-electron chi connectivity index (χ0n) is 20.2. The molecule has 0 radical (unpaired) electrons. The summed E-state index contributed by atoms with van der Waals surface area (Å²) in [6.07, 6.45) is 5.46. The van der Waals surface area contributed by atoms with Gasteiger partial charge < -0.3 is 10.4 Å². The number of rotatable bonds is 3. The van der Waals surface area contributed by atoms with Gasteiger partial charge in [-0.2, -0.15) is 10.5 Å². The van der Waals surface area contributed by atoms with Crippen molar-refractivity contribution in [3.63, 3.8) is 0 Å². The third-order valence-corrected chi connectivity index (χ3v) is 7.14. The topological polar surface area (TPSA) is 96.9 Å². The molecule has 0 unspecified atom stereocenters. The van der Waals surface area contributed by atoms with Gasteiger partial charge in [0.15, 0.2) is 0 Å². The minimum atomic E-state index is -0.532. The maximum absolute atomic E-state index is 13.0. The predicted molar refractivity (Wildman–Crippen MR) is 133 cm³/mol. The normalized spacial score (nSPS) is 14.2. The number of phenolic OH excluding ortho intramolecular Hbond substituents is 1. The molecule has 0 fully saturated rings. The van der Waals surface area contributed by atoms with E-state index in [1.807, 2.05) is 59.7 Å². The first-order valence-electron chi connectivity index (χ1n) is 11.2. The van der Waals surface area contributed by atoms with E-state index in [1.165, 1.54) is 11.3 Å². The molecule has 172 valence electrons. The van der Waals surface area contributed by atoms with Gasteiger partial charge in [-0.25, -0.2) is 0 Å². The molecule has 3 rings (SSSR count). The number of phenols is 1. The Morgan fingerprint density at radius 3 is 2.15 bits per heavy atom. The molecule has 2 N–H and O–H groups in total. The smallest absolute Gasteiger partial charge is 0.266 e. The third kappa shape index (κ3) is 5.13. The summed E-state index contributed by atoms with van der Waals surface area (Å²) in [7, 11) is 0. The van der Waals surface area contributed by atoms with Gasteiger partial charge in [0.1, 0.15) is 28.5 Å². The second-order valence-corrected chi connectivity index (χ2v) is 11.7. The maximum Gasteiger partial charge on any atom is 0.266 e. The zero-order valence-corrected chi connectivity index (χ0v) is 21.0. The third-order valence-electron chi connectivity index (χ3n) is 5.93. The Morgan fingerprint density at radius 2 is 1.64 bits per heavy atom. The average molecular weight is 462 g/mol. The molecular weight excluding hydrogens is 430 g/mol. The van der Waals surface area contributed by atoms with Gasteiger partial charge in [-0.05, 0) is 65.8 Å². The molecule has 0 atom stereocenters. The highest BCUT2D eigenvalue weighted by Gasteiger charge is 2.27. The minimum Gasteiger partial charge on any atom is -0.507 e. The van der Waals surface area contributed by atoms with Gasteiger partial charge in [0, 0.05) is 16.0 Å². The first-order valence-corrected chi connectivity index (χ1v) is 12.0. The van der Waals surface area contributed by atoms with Crippen molar-refractivity contribution in [2.24, 2.45) is 0 Å². The summed E-state index contributed by atoms with van der Waals surface area (Å²) >= 11 is 1.44. The van der Waals surface area contributed by atoms with E-state index < -0.39 is 5.91 Å². The van der Waals surface area contributed by atoms with E-state index in [4.69, 9.17) is 0 Å². The molecule has 0 bridgehead atoms. The number of thiophene rings is 1. The van der Waals surface area contributed by atoms with E-state index in [0.717, 1.165) is 47.3 Å². The monoisotopic (exact) mass is 461 g/mol. The molecular formula is C27H31N3O2S. The average Bonchev–Trinajstić information content (AvgIpc) is 3.07. The van der Waals surface area contributed by atoms with E-state index in [0.29, 0.717) is 16.1 Å². The molecule has 1 aromatic heterocycles. The maximum atomic E-state index is 13.0. The Balaban J connectivity index is 2.02. The lowest BCUT2D eigenvalue weighted by molar-refractivity contribution is -0.112. The molecule has 33 heavy (non-hydrogen) atoms. The number of carbonyl (C=O) groups excluding carboxylic acids is 1. The lowest BCUT2D eigenvalue weighted by atomic mass is 9.78. The molecule has 6 heteroatoms. The van der Waals surface area contributed by atoms with E-state index in [-0.39, 0.29) is 22.2 Å². The van der Waals surface area contributed by atoms with Crippen molar-refractivity contribution >= 4 is 28.3 Å². The van der Waals surface area contributed by atoms with Gasteiger partial charge in [0.2, 0.25) is 0 Å². The quantitative estimate of drug-likeness (QED) is 0.411. The molecule has 0 saturated carbocycles. The van der Waals surface area contributed by atoms with Gasteiger partial charge in [0.25, 0.3) is 5.91 Å². The Morgan fingerprint density at radius 1 is 1.06 bits per heavy atom. The van der Waals surface area contributed by atoms with Gasteiger partial charge >= 0.3 is 0 Å². The number of benzene rings is 1. The van der Waals surface area contributed by atoms with E-state index in [1.54, 1.807) is 6.08 Å². The second kappa shape index (κ2) is 9.04. The molecule has 0 aliphatic heterocycles. The van der Waals surface area contributed by atoms with Crippen molar-refractivity contribution in [1.82, 2.24) is 0 Å².